The van der Waals surface area contributed by atoms with Crippen molar-refractivity contribution in [3.05, 3.63) is 58.0 Å². The molecule has 0 spiro atoms. The zero-order chi connectivity index (χ0) is 13.8. The van der Waals surface area contributed by atoms with E-state index in [1.807, 2.05) is 24.4 Å². The van der Waals surface area contributed by atoms with Crippen molar-refractivity contribution in [3.8, 4) is 0 Å². The number of carbonyl (C=O) groups excluding carboxylic acids is 1. The van der Waals surface area contributed by atoms with Gasteiger partial charge in [-0.15, -0.1) is 11.3 Å². The molecule has 2 aromatic rings. The molecule has 4 heteroatoms. The molecule has 1 unspecified atom stereocenters. The quantitative estimate of drug-likeness (QED) is 0.835. The molecular weight excluding hydrogens is 261 g/mol. The minimum absolute atomic E-state index is 0.00166. The summed E-state index contributed by atoms with van der Waals surface area (Å²) in [7, 11) is 1.72. The molecule has 0 saturated carbocycles. The minimum atomic E-state index is -0.272. The third-order valence-electron chi connectivity index (χ3n) is 3.24. The highest BCUT2D eigenvalue weighted by molar-refractivity contribution is 7.10. The first-order valence-corrected chi connectivity index (χ1v) is 7.00. The van der Waals surface area contributed by atoms with Gasteiger partial charge >= 0.3 is 0 Å². The van der Waals surface area contributed by atoms with Crippen LogP contribution in [-0.4, -0.2) is 17.9 Å². The first-order chi connectivity index (χ1) is 9.09. The number of rotatable bonds is 4. The van der Waals surface area contributed by atoms with Crippen LogP contribution in [0.25, 0.3) is 0 Å². The fourth-order valence-electron chi connectivity index (χ4n) is 1.93. The Balaban J connectivity index is 2.09. The largest absolute Gasteiger partial charge is 0.339 e. The molecule has 2 nitrogen and oxygen atoms in total. The van der Waals surface area contributed by atoms with Gasteiger partial charge in [-0.3, -0.25) is 4.79 Å². The Kier molecular flexibility index (Phi) is 4.32. The smallest absolute Gasteiger partial charge is 0.228 e. The van der Waals surface area contributed by atoms with Crippen LogP contribution in [0.4, 0.5) is 4.39 Å². The van der Waals surface area contributed by atoms with Gasteiger partial charge in [0, 0.05) is 17.5 Å². The van der Waals surface area contributed by atoms with Crippen LogP contribution in [0, 0.1) is 5.82 Å². The maximum Gasteiger partial charge on any atom is 0.228 e. The molecule has 1 heterocycles. The molecule has 0 saturated heterocycles. The number of carbonyl (C=O) groups is 1. The predicted molar refractivity (Wildman–Crippen MR) is 75.6 cm³/mol. The first-order valence-electron chi connectivity index (χ1n) is 6.12. The maximum absolute atomic E-state index is 13.7. The van der Waals surface area contributed by atoms with Crippen LogP contribution >= 0.6 is 11.3 Å². The van der Waals surface area contributed by atoms with E-state index in [4.69, 9.17) is 0 Å². The number of hydrogen-bond donors (Lipinski definition) is 0. The number of benzene rings is 1. The third kappa shape index (κ3) is 3.20. The van der Waals surface area contributed by atoms with Crippen molar-refractivity contribution in [1.82, 2.24) is 4.90 Å². The first kappa shape index (κ1) is 13.7. The van der Waals surface area contributed by atoms with E-state index in [0.717, 1.165) is 4.88 Å². The molecule has 0 fully saturated rings. The lowest BCUT2D eigenvalue weighted by molar-refractivity contribution is -0.131. The number of amides is 1. The summed E-state index contributed by atoms with van der Waals surface area (Å²) in [4.78, 5) is 14.8. The van der Waals surface area contributed by atoms with E-state index in [2.05, 4.69) is 0 Å². The van der Waals surface area contributed by atoms with Crippen molar-refractivity contribution in [1.29, 1.82) is 0 Å². The van der Waals surface area contributed by atoms with Crippen molar-refractivity contribution in [2.24, 2.45) is 0 Å². The summed E-state index contributed by atoms with van der Waals surface area (Å²) in [5.74, 6) is -0.274. The summed E-state index contributed by atoms with van der Waals surface area (Å²) in [5.41, 5.74) is 0.546. The number of nitrogens with zero attached hydrogens (tertiary/aromatic N) is 1. The average Bonchev–Trinajstić information content (AvgIpc) is 2.90. The van der Waals surface area contributed by atoms with Gasteiger partial charge in [0.2, 0.25) is 5.91 Å². The Morgan fingerprint density at radius 3 is 2.68 bits per heavy atom. The Labute approximate surface area is 116 Å². The monoisotopic (exact) mass is 277 g/mol. The number of halogens is 1. The minimum Gasteiger partial charge on any atom is -0.339 e. The van der Waals surface area contributed by atoms with E-state index in [1.165, 1.54) is 6.07 Å². The standard InChI is InChI=1S/C15H16FNOS/c1-11(13-7-3-4-8-14(13)16)17(2)15(18)10-12-6-5-9-19-12/h3-9,11H,10H2,1-2H3. The summed E-state index contributed by atoms with van der Waals surface area (Å²) >= 11 is 1.56. The molecule has 1 aromatic carbocycles. The van der Waals surface area contributed by atoms with Crippen molar-refractivity contribution >= 4 is 17.2 Å². The Bertz CT molecular complexity index is 553. The SMILES string of the molecule is CC(c1ccccc1F)N(C)C(=O)Cc1cccs1. The van der Waals surface area contributed by atoms with E-state index < -0.39 is 0 Å². The van der Waals surface area contributed by atoms with Crippen LogP contribution in [0.2, 0.25) is 0 Å². The van der Waals surface area contributed by atoms with Crippen molar-refractivity contribution < 1.29 is 9.18 Å². The third-order valence-corrected chi connectivity index (χ3v) is 4.11. The van der Waals surface area contributed by atoms with Gasteiger partial charge in [0.15, 0.2) is 0 Å². The fourth-order valence-corrected chi connectivity index (χ4v) is 2.62. The van der Waals surface area contributed by atoms with Crippen molar-refractivity contribution in [2.75, 3.05) is 7.05 Å². The molecule has 0 radical (unpaired) electrons. The topological polar surface area (TPSA) is 20.3 Å². The number of likely N-dealkylation sites (N-methyl/N-ethyl adjacent to an activating group) is 1. The molecule has 1 aromatic heterocycles. The van der Waals surface area contributed by atoms with Crippen LogP contribution in [0.3, 0.4) is 0 Å². The number of thiophene rings is 1. The van der Waals surface area contributed by atoms with Gasteiger partial charge < -0.3 is 4.90 Å². The highest BCUT2D eigenvalue weighted by Crippen LogP contribution is 2.22. The van der Waals surface area contributed by atoms with E-state index in [-0.39, 0.29) is 17.8 Å². The zero-order valence-electron chi connectivity index (χ0n) is 11.0. The molecule has 2 rings (SSSR count). The highest BCUT2D eigenvalue weighted by atomic mass is 32.1. The lowest BCUT2D eigenvalue weighted by atomic mass is 10.1. The second-order valence-corrected chi connectivity index (χ2v) is 5.49. The molecule has 1 atom stereocenters. The zero-order valence-corrected chi connectivity index (χ0v) is 11.8. The van der Waals surface area contributed by atoms with Crippen LogP contribution in [0.5, 0.6) is 0 Å². The van der Waals surface area contributed by atoms with E-state index in [0.29, 0.717) is 12.0 Å². The van der Waals surface area contributed by atoms with E-state index in [9.17, 15) is 9.18 Å². The van der Waals surface area contributed by atoms with Crippen LogP contribution in [-0.2, 0) is 11.2 Å². The molecule has 1 amide bonds. The summed E-state index contributed by atoms with van der Waals surface area (Å²) in [6.45, 7) is 1.84. The molecule has 0 bridgehead atoms. The Hall–Kier alpha value is -1.68. The lowest BCUT2D eigenvalue weighted by Crippen LogP contribution is -2.31. The molecule has 0 aliphatic carbocycles. The van der Waals surface area contributed by atoms with Crippen molar-refractivity contribution in [3.63, 3.8) is 0 Å². The molecule has 100 valence electrons. The van der Waals surface area contributed by atoms with Gasteiger partial charge in [-0.2, -0.15) is 0 Å². The highest BCUT2D eigenvalue weighted by Gasteiger charge is 2.20. The molecule has 0 aliphatic heterocycles. The fraction of sp³-hybridized carbons (Fsp3) is 0.267. The van der Waals surface area contributed by atoms with Gasteiger partial charge in [-0.1, -0.05) is 24.3 Å². The average molecular weight is 277 g/mol. The van der Waals surface area contributed by atoms with Crippen LogP contribution < -0.4 is 0 Å². The summed E-state index contributed by atoms with van der Waals surface area (Å²) in [6, 6.07) is 10.2. The van der Waals surface area contributed by atoms with Crippen LogP contribution in [0.1, 0.15) is 23.4 Å². The molecule has 0 aliphatic rings. The van der Waals surface area contributed by atoms with Crippen molar-refractivity contribution in [2.45, 2.75) is 19.4 Å². The van der Waals surface area contributed by atoms with Gasteiger partial charge in [0.25, 0.3) is 0 Å². The Morgan fingerprint density at radius 1 is 1.32 bits per heavy atom. The van der Waals surface area contributed by atoms with Gasteiger partial charge in [0.1, 0.15) is 5.82 Å². The predicted octanol–water partition coefficient (Wildman–Crippen LogP) is 3.65. The number of hydrogen-bond acceptors (Lipinski definition) is 2. The summed E-state index contributed by atoms with van der Waals surface area (Å²) in [5, 5.41) is 1.95. The van der Waals surface area contributed by atoms with Crippen LogP contribution in [0.15, 0.2) is 41.8 Å². The summed E-state index contributed by atoms with van der Waals surface area (Å²) in [6.07, 6.45) is 0.368. The molecule has 0 N–H and O–H groups in total. The van der Waals surface area contributed by atoms with E-state index >= 15 is 0 Å². The lowest BCUT2D eigenvalue weighted by Gasteiger charge is -2.25. The molecule has 19 heavy (non-hydrogen) atoms. The van der Waals surface area contributed by atoms with Gasteiger partial charge in [0.05, 0.1) is 12.5 Å². The second-order valence-electron chi connectivity index (χ2n) is 4.46. The van der Waals surface area contributed by atoms with Gasteiger partial charge in [-0.25, -0.2) is 4.39 Å². The van der Waals surface area contributed by atoms with Gasteiger partial charge in [-0.05, 0) is 24.4 Å². The Morgan fingerprint density at radius 2 is 2.05 bits per heavy atom. The summed E-state index contributed by atoms with van der Waals surface area (Å²) < 4.78 is 13.7. The molecular formula is C15H16FNOS. The maximum atomic E-state index is 13.7. The normalized spacial score (nSPS) is 12.2. The van der Waals surface area contributed by atoms with E-state index in [1.54, 1.807) is 41.5 Å². The second kappa shape index (κ2) is 5.97.